The summed E-state index contributed by atoms with van der Waals surface area (Å²) in [5.41, 5.74) is 0.654. The van der Waals surface area contributed by atoms with Crippen LogP contribution in [0.5, 0.6) is 0 Å². The summed E-state index contributed by atoms with van der Waals surface area (Å²) in [5.74, 6) is 0.0157. The van der Waals surface area contributed by atoms with Crippen LogP contribution in [-0.2, 0) is 14.4 Å². The predicted molar refractivity (Wildman–Crippen MR) is 80.4 cm³/mol. The van der Waals surface area contributed by atoms with Crippen LogP contribution in [0, 0.1) is 5.92 Å². The smallest absolute Gasteiger partial charge is 0.249 e. The fourth-order valence-electron chi connectivity index (χ4n) is 2.25. The second-order valence-corrected chi connectivity index (χ2v) is 5.89. The molecule has 0 aromatic rings. The van der Waals surface area contributed by atoms with E-state index < -0.39 is 0 Å². The molecule has 0 saturated carbocycles. The van der Waals surface area contributed by atoms with E-state index in [1.54, 1.807) is 23.8 Å². The number of amides is 3. The van der Waals surface area contributed by atoms with Gasteiger partial charge in [-0.05, 0) is 19.8 Å². The van der Waals surface area contributed by atoms with Gasteiger partial charge in [-0.3, -0.25) is 14.4 Å². The number of rotatable bonds is 7. The predicted octanol–water partition coefficient (Wildman–Crippen LogP) is 0.392. The number of hydrogen-bond acceptors (Lipinski definition) is 3. The molecule has 6 heteroatoms. The standard InChI is InChI=1S/C15H25N3O3/c1-10(2)13(17(5)14(20)7-16-9-19)6-11(3)15(21)18-8-12(18)4/h6,9-10,12-13H,7-8H2,1-5H3,(H,16,19)/b11-6+/t12?,13-,18?/m1/s1. The van der Waals surface area contributed by atoms with Crippen LogP contribution < -0.4 is 5.32 Å². The molecule has 1 heterocycles. The van der Waals surface area contributed by atoms with Gasteiger partial charge >= 0.3 is 0 Å². The van der Waals surface area contributed by atoms with E-state index in [0.29, 0.717) is 18.0 Å². The van der Waals surface area contributed by atoms with Gasteiger partial charge in [0.2, 0.25) is 18.2 Å². The topological polar surface area (TPSA) is 69.5 Å². The molecule has 118 valence electrons. The van der Waals surface area contributed by atoms with Crippen molar-refractivity contribution < 1.29 is 14.4 Å². The maximum atomic E-state index is 12.1. The van der Waals surface area contributed by atoms with Crippen LogP contribution in [0.2, 0.25) is 0 Å². The molecule has 1 aliphatic rings. The quantitative estimate of drug-likeness (QED) is 0.420. The molecule has 1 aliphatic heterocycles. The van der Waals surface area contributed by atoms with Crippen molar-refractivity contribution in [3.8, 4) is 0 Å². The Labute approximate surface area is 126 Å². The highest BCUT2D eigenvalue weighted by molar-refractivity contribution is 5.94. The molecular formula is C15H25N3O3. The maximum Gasteiger partial charge on any atom is 0.249 e. The molecule has 0 spiro atoms. The number of hydrogen-bond donors (Lipinski definition) is 1. The summed E-state index contributed by atoms with van der Waals surface area (Å²) >= 11 is 0. The molecule has 0 aromatic heterocycles. The molecule has 0 aromatic carbocycles. The lowest BCUT2D eigenvalue weighted by atomic mass is 10.00. The Morgan fingerprint density at radius 1 is 1.43 bits per heavy atom. The molecule has 0 aliphatic carbocycles. The third-order valence-electron chi connectivity index (χ3n) is 3.74. The largest absolute Gasteiger partial charge is 0.350 e. The van der Waals surface area contributed by atoms with E-state index in [0.717, 1.165) is 6.54 Å². The van der Waals surface area contributed by atoms with Crippen molar-refractivity contribution >= 4 is 18.2 Å². The van der Waals surface area contributed by atoms with E-state index in [4.69, 9.17) is 0 Å². The minimum atomic E-state index is -0.183. The lowest BCUT2D eigenvalue weighted by Crippen LogP contribution is -2.43. The summed E-state index contributed by atoms with van der Waals surface area (Å²) in [4.78, 5) is 37.7. The van der Waals surface area contributed by atoms with Crippen molar-refractivity contribution in [2.45, 2.75) is 39.8 Å². The Morgan fingerprint density at radius 3 is 2.43 bits per heavy atom. The van der Waals surface area contributed by atoms with Gasteiger partial charge in [0.15, 0.2) is 0 Å². The summed E-state index contributed by atoms with van der Waals surface area (Å²) in [6.45, 7) is 8.55. The van der Waals surface area contributed by atoms with Gasteiger partial charge in [-0.25, -0.2) is 0 Å². The molecule has 1 fully saturated rings. The SMILES string of the molecule is C/C(=C\[C@H](C(C)C)N(C)C(=O)CNC=O)C(=O)N1CC1C. The van der Waals surface area contributed by atoms with Gasteiger partial charge in [-0.2, -0.15) is 0 Å². The third kappa shape index (κ3) is 4.58. The molecule has 1 N–H and O–H groups in total. The Hall–Kier alpha value is -1.85. The Morgan fingerprint density at radius 2 is 2.00 bits per heavy atom. The summed E-state index contributed by atoms with van der Waals surface area (Å²) in [6.07, 6.45) is 2.35. The molecule has 0 radical (unpaired) electrons. The first-order valence-electron chi connectivity index (χ1n) is 7.21. The highest BCUT2D eigenvalue weighted by atomic mass is 16.2. The first-order valence-corrected chi connectivity index (χ1v) is 7.21. The second kappa shape index (κ2) is 7.24. The maximum absolute atomic E-state index is 12.1. The van der Waals surface area contributed by atoms with Crippen LogP contribution in [0.3, 0.4) is 0 Å². The van der Waals surface area contributed by atoms with E-state index in [1.807, 2.05) is 26.8 Å². The van der Waals surface area contributed by atoms with Crippen LogP contribution in [0.1, 0.15) is 27.7 Å². The van der Waals surface area contributed by atoms with Gasteiger partial charge in [0.05, 0.1) is 12.6 Å². The average molecular weight is 295 g/mol. The third-order valence-corrected chi connectivity index (χ3v) is 3.74. The number of likely N-dealkylation sites (N-methyl/N-ethyl adjacent to an activating group) is 1. The Balaban J connectivity index is 2.78. The highest BCUT2D eigenvalue weighted by Crippen LogP contribution is 2.21. The van der Waals surface area contributed by atoms with Crippen molar-refractivity contribution in [2.24, 2.45) is 5.92 Å². The summed E-state index contributed by atoms with van der Waals surface area (Å²) in [6, 6.07) is 0.139. The average Bonchev–Trinajstić information content (AvgIpc) is 3.16. The zero-order chi connectivity index (χ0) is 16.2. The van der Waals surface area contributed by atoms with E-state index in [1.165, 1.54) is 0 Å². The molecule has 21 heavy (non-hydrogen) atoms. The first-order chi connectivity index (χ1) is 9.79. The molecule has 3 amide bonds. The van der Waals surface area contributed by atoms with Crippen molar-refractivity contribution in [2.75, 3.05) is 20.1 Å². The fourth-order valence-corrected chi connectivity index (χ4v) is 2.25. The molecule has 6 nitrogen and oxygen atoms in total. The van der Waals surface area contributed by atoms with Gasteiger partial charge in [0, 0.05) is 25.2 Å². The fraction of sp³-hybridized carbons (Fsp3) is 0.667. The minimum Gasteiger partial charge on any atom is -0.350 e. The summed E-state index contributed by atoms with van der Waals surface area (Å²) in [5, 5.41) is 2.37. The molecule has 1 unspecified atom stereocenters. The van der Waals surface area contributed by atoms with Gasteiger partial charge in [-0.1, -0.05) is 19.9 Å². The van der Waals surface area contributed by atoms with Gasteiger partial charge < -0.3 is 15.1 Å². The van der Waals surface area contributed by atoms with Crippen LogP contribution in [0.4, 0.5) is 0 Å². The van der Waals surface area contributed by atoms with E-state index in [-0.39, 0.29) is 30.3 Å². The zero-order valence-electron chi connectivity index (χ0n) is 13.4. The molecular weight excluding hydrogens is 270 g/mol. The Kier molecular flexibility index (Phi) is 5.93. The number of nitrogens with one attached hydrogen (secondary N) is 1. The molecule has 1 saturated heterocycles. The summed E-state index contributed by atoms with van der Waals surface area (Å²) in [7, 11) is 1.69. The van der Waals surface area contributed by atoms with Gasteiger partial charge in [0.1, 0.15) is 0 Å². The molecule has 1 rings (SSSR count). The zero-order valence-corrected chi connectivity index (χ0v) is 13.4. The van der Waals surface area contributed by atoms with Crippen molar-refractivity contribution in [3.63, 3.8) is 0 Å². The first kappa shape index (κ1) is 17.2. The lowest BCUT2D eigenvalue weighted by Gasteiger charge is -2.29. The van der Waals surface area contributed by atoms with Gasteiger partial charge in [-0.15, -0.1) is 0 Å². The van der Waals surface area contributed by atoms with Crippen LogP contribution in [0.25, 0.3) is 0 Å². The van der Waals surface area contributed by atoms with Crippen LogP contribution in [-0.4, -0.2) is 60.2 Å². The number of carbonyl (C=O) groups is 3. The minimum absolute atomic E-state index is 0.0278. The van der Waals surface area contributed by atoms with E-state index >= 15 is 0 Å². The Bertz CT molecular complexity index is 445. The van der Waals surface area contributed by atoms with E-state index in [2.05, 4.69) is 5.32 Å². The number of carbonyl (C=O) groups excluding carboxylic acids is 3. The molecule has 0 bridgehead atoms. The monoisotopic (exact) mass is 295 g/mol. The van der Waals surface area contributed by atoms with E-state index in [9.17, 15) is 14.4 Å². The van der Waals surface area contributed by atoms with Gasteiger partial charge in [0.25, 0.3) is 0 Å². The summed E-state index contributed by atoms with van der Waals surface area (Å²) < 4.78 is 0. The number of nitrogens with zero attached hydrogens (tertiary/aromatic N) is 2. The lowest BCUT2D eigenvalue weighted by molar-refractivity contribution is -0.132. The van der Waals surface area contributed by atoms with Crippen molar-refractivity contribution in [1.29, 1.82) is 0 Å². The van der Waals surface area contributed by atoms with Crippen molar-refractivity contribution in [3.05, 3.63) is 11.6 Å². The van der Waals surface area contributed by atoms with Crippen LogP contribution in [0.15, 0.2) is 11.6 Å². The molecule has 2 atom stereocenters. The highest BCUT2D eigenvalue weighted by Gasteiger charge is 2.35. The van der Waals surface area contributed by atoms with Crippen LogP contribution >= 0.6 is 0 Å². The second-order valence-electron chi connectivity index (χ2n) is 5.89. The van der Waals surface area contributed by atoms with Crippen molar-refractivity contribution in [1.82, 2.24) is 15.1 Å². The normalized spacial score (nSPS) is 19.2.